The summed E-state index contributed by atoms with van der Waals surface area (Å²) in [6.45, 7) is 2.97. The fourth-order valence-electron chi connectivity index (χ4n) is 3.38. The first-order valence-corrected chi connectivity index (χ1v) is 8.96. The van der Waals surface area contributed by atoms with E-state index in [0.717, 1.165) is 37.2 Å². The number of ether oxygens (including phenoxy) is 1. The van der Waals surface area contributed by atoms with Gasteiger partial charge in [-0.1, -0.05) is 18.2 Å². The van der Waals surface area contributed by atoms with Crippen molar-refractivity contribution in [3.63, 3.8) is 0 Å². The Morgan fingerprint density at radius 1 is 1.35 bits per heavy atom. The van der Waals surface area contributed by atoms with Gasteiger partial charge in [-0.05, 0) is 29.5 Å². The molecule has 1 N–H and O–H groups in total. The smallest absolute Gasteiger partial charge is 0.234 e. The van der Waals surface area contributed by atoms with E-state index in [-0.39, 0.29) is 11.9 Å². The Morgan fingerprint density at radius 2 is 2.26 bits per heavy atom. The van der Waals surface area contributed by atoms with Crippen LogP contribution in [0.1, 0.15) is 28.5 Å². The van der Waals surface area contributed by atoms with Crippen molar-refractivity contribution < 1.29 is 9.53 Å². The molecule has 0 bridgehead atoms. The summed E-state index contributed by atoms with van der Waals surface area (Å²) in [6.07, 6.45) is 1.89. The topological polar surface area (TPSA) is 41.6 Å². The first kappa shape index (κ1) is 14.7. The van der Waals surface area contributed by atoms with Crippen LogP contribution >= 0.6 is 11.3 Å². The van der Waals surface area contributed by atoms with Crippen LogP contribution in [0.4, 0.5) is 0 Å². The number of nitrogens with zero attached hydrogens (tertiary/aromatic N) is 1. The molecular formula is C18H20N2O2S. The van der Waals surface area contributed by atoms with Gasteiger partial charge in [-0.3, -0.25) is 9.69 Å². The van der Waals surface area contributed by atoms with Gasteiger partial charge in [0.05, 0.1) is 19.2 Å². The zero-order valence-corrected chi connectivity index (χ0v) is 13.8. The normalized spacial score (nSPS) is 20.3. The van der Waals surface area contributed by atoms with E-state index < -0.39 is 0 Å². The molecule has 1 aromatic heterocycles. The third-order valence-electron chi connectivity index (χ3n) is 4.55. The molecule has 2 aliphatic heterocycles. The monoisotopic (exact) mass is 328 g/mol. The molecule has 2 aromatic rings. The minimum atomic E-state index is 0.0638. The molecule has 0 spiro atoms. The Bertz CT molecular complexity index is 713. The van der Waals surface area contributed by atoms with E-state index in [2.05, 4.69) is 21.7 Å². The molecule has 1 aromatic carbocycles. The minimum Gasteiger partial charge on any atom is -0.493 e. The highest BCUT2D eigenvalue weighted by Crippen LogP contribution is 2.31. The lowest BCUT2D eigenvalue weighted by Gasteiger charge is -2.29. The van der Waals surface area contributed by atoms with E-state index >= 15 is 0 Å². The van der Waals surface area contributed by atoms with Crippen molar-refractivity contribution >= 4 is 17.2 Å². The van der Waals surface area contributed by atoms with Crippen LogP contribution in [-0.2, 0) is 17.8 Å². The van der Waals surface area contributed by atoms with Crippen molar-refractivity contribution in [2.45, 2.75) is 25.4 Å². The lowest BCUT2D eigenvalue weighted by molar-refractivity contribution is -0.123. The largest absolute Gasteiger partial charge is 0.493 e. The molecule has 120 valence electrons. The Kier molecular flexibility index (Phi) is 4.06. The van der Waals surface area contributed by atoms with E-state index in [9.17, 15) is 4.79 Å². The zero-order valence-electron chi connectivity index (χ0n) is 13.0. The highest BCUT2D eigenvalue weighted by molar-refractivity contribution is 7.10. The molecule has 4 nitrogen and oxygen atoms in total. The summed E-state index contributed by atoms with van der Waals surface area (Å²) in [5.74, 6) is 0.996. The van der Waals surface area contributed by atoms with Crippen LogP contribution in [0.2, 0.25) is 0 Å². The highest BCUT2D eigenvalue weighted by atomic mass is 32.1. The molecular weight excluding hydrogens is 308 g/mol. The van der Waals surface area contributed by atoms with Crippen molar-refractivity contribution in [2.24, 2.45) is 0 Å². The third kappa shape index (κ3) is 3.12. The van der Waals surface area contributed by atoms with Crippen LogP contribution in [0, 0.1) is 0 Å². The lowest BCUT2D eigenvalue weighted by Crippen LogP contribution is -2.41. The maximum atomic E-state index is 12.4. The molecule has 1 atom stereocenters. The number of fused-ring (bicyclic) bond motifs is 2. The fourth-order valence-corrected chi connectivity index (χ4v) is 4.27. The van der Waals surface area contributed by atoms with Crippen LogP contribution in [-0.4, -0.2) is 30.5 Å². The van der Waals surface area contributed by atoms with Gasteiger partial charge in [0, 0.05) is 30.0 Å². The van der Waals surface area contributed by atoms with Crippen LogP contribution in [0.5, 0.6) is 5.75 Å². The van der Waals surface area contributed by atoms with Crippen molar-refractivity contribution in [1.82, 2.24) is 10.2 Å². The first-order chi connectivity index (χ1) is 11.3. The van der Waals surface area contributed by atoms with Gasteiger partial charge in [-0.2, -0.15) is 0 Å². The average Bonchev–Trinajstić information content (AvgIpc) is 3.03. The van der Waals surface area contributed by atoms with Gasteiger partial charge in [-0.15, -0.1) is 11.3 Å². The summed E-state index contributed by atoms with van der Waals surface area (Å²) >= 11 is 1.83. The highest BCUT2D eigenvalue weighted by Gasteiger charge is 2.24. The number of hydrogen-bond donors (Lipinski definition) is 1. The van der Waals surface area contributed by atoms with Gasteiger partial charge in [0.2, 0.25) is 5.91 Å². The minimum absolute atomic E-state index is 0.0638. The van der Waals surface area contributed by atoms with Crippen LogP contribution in [0.15, 0.2) is 35.7 Å². The SMILES string of the molecule is O=C(CN1CCc2sccc2C1)N[C@@H]1CCOc2ccccc21. The number of rotatable bonds is 3. The maximum Gasteiger partial charge on any atom is 0.234 e. The van der Waals surface area contributed by atoms with Crippen molar-refractivity contribution in [3.8, 4) is 5.75 Å². The molecule has 2 aliphatic rings. The van der Waals surface area contributed by atoms with Crippen molar-refractivity contribution in [2.75, 3.05) is 19.7 Å². The number of carbonyl (C=O) groups excluding carboxylic acids is 1. The van der Waals surface area contributed by atoms with Crippen molar-refractivity contribution in [3.05, 3.63) is 51.7 Å². The van der Waals surface area contributed by atoms with Gasteiger partial charge in [0.15, 0.2) is 0 Å². The molecule has 5 heteroatoms. The predicted octanol–water partition coefficient (Wildman–Crippen LogP) is 2.75. The summed E-state index contributed by atoms with van der Waals surface area (Å²) in [5.41, 5.74) is 2.47. The maximum absolute atomic E-state index is 12.4. The quantitative estimate of drug-likeness (QED) is 0.942. The fraction of sp³-hybridized carbons (Fsp3) is 0.389. The number of para-hydroxylation sites is 1. The Labute approximate surface area is 140 Å². The van der Waals surface area contributed by atoms with E-state index in [1.54, 1.807) is 0 Å². The number of hydrogen-bond acceptors (Lipinski definition) is 4. The van der Waals surface area contributed by atoms with Gasteiger partial charge < -0.3 is 10.1 Å². The number of nitrogens with one attached hydrogen (secondary N) is 1. The van der Waals surface area contributed by atoms with E-state index in [1.807, 2.05) is 35.6 Å². The summed E-state index contributed by atoms with van der Waals surface area (Å²) in [5, 5.41) is 5.33. The Hall–Kier alpha value is -1.85. The number of benzene rings is 1. The molecule has 0 radical (unpaired) electrons. The molecule has 3 heterocycles. The van der Waals surface area contributed by atoms with Gasteiger partial charge in [-0.25, -0.2) is 0 Å². The molecule has 0 saturated heterocycles. The molecule has 0 saturated carbocycles. The first-order valence-electron chi connectivity index (χ1n) is 8.08. The predicted molar refractivity (Wildman–Crippen MR) is 90.7 cm³/mol. The number of amides is 1. The van der Waals surface area contributed by atoms with E-state index in [0.29, 0.717) is 13.2 Å². The molecule has 4 rings (SSSR count). The second-order valence-corrected chi connectivity index (χ2v) is 7.13. The standard InChI is InChI=1S/C18H20N2O2S/c21-18(12-20-8-5-17-13(11-20)7-10-23-17)19-15-6-9-22-16-4-2-1-3-14(15)16/h1-4,7,10,15H,5-6,8-9,11-12H2,(H,19,21)/t15-/m1/s1. The summed E-state index contributed by atoms with van der Waals surface area (Å²) in [4.78, 5) is 16.2. The summed E-state index contributed by atoms with van der Waals surface area (Å²) in [7, 11) is 0. The third-order valence-corrected chi connectivity index (χ3v) is 5.57. The molecule has 0 fully saturated rings. The number of carbonyl (C=O) groups is 1. The second-order valence-electron chi connectivity index (χ2n) is 6.12. The molecule has 23 heavy (non-hydrogen) atoms. The summed E-state index contributed by atoms with van der Waals surface area (Å²) < 4.78 is 5.65. The van der Waals surface area contributed by atoms with Crippen LogP contribution in [0.3, 0.4) is 0 Å². The van der Waals surface area contributed by atoms with Gasteiger partial charge >= 0.3 is 0 Å². The average molecular weight is 328 g/mol. The summed E-state index contributed by atoms with van der Waals surface area (Å²) in [6, 6.07) is 10.2. The molecule has 1 amide bonds. The zero-order chi connectivity index (χ0) is 15.6. The number of thiophene rings is 1. The van der Waals surface area contributed by atoms with E-state index in [1.165, 1.54) is 10.4 Å². The Morgan fingerprint density at radius 3 is 3.22 bits per heavy atom. The van der Waals surface area contributed by atoms with Crippen LogP contribution in [0.25, 0.3) is 0 Å². The van der Waals surface area contributed by atoms with Crippen molar-refractivity contribution in [1.29, 1.82) is 0 Å². The molecule has 0 unspecified atom stereocenters. The van der Waals surface area contributed by atoms with Crippen LogP contribution < -0.4 is 10.1 Å². The van der Waals surface area contributed by atoms with Gasteiger partial charge in [0.1, 0.15) is 5.75 Å². The Balaban J connectivity index is 1.38. The second kappa shape index (κ2) is 6.34. The van der Waals surface area contributed by atoms with Gasteiger partial charge in [0.25, 0.3) is 0 Å². The van der Waals surface area contributed by atoms with E-state index in [4.69, 9.17) is 4.74 Å². The molecule has 0 aliphatic carbocycles. The lowest BCUT2D eigenvalue weighted by atomic mass is 10.0.